The summed E-state index contributed by atoms with van der Waals surface area (Å²) in [6.07, 6.45) is 1.43. The van der Waals surface area contributed by atoms with E-state index < -0.39 is 12.6 Å². The minimum absolute atomic E-state index is 0.0652. The van der Waals surface area contributed by atoms with E-state index in [1.54, 1.807) is 4.90 Å². The number of aliphatic carboxylic acids is 1. The molecule has 18 heavy (non-hydrogen) atoms. The molecule has 1 fully saturated rings. The third kappa shape index (κ3) is 5.13. The van der Waals surface area contributed by atoms with Gasteiger partial charge in [0, 0.05) is 26.1 Å². The number of amides is 2. The zero-order valence-electron chi connectivity index (χ0n) is 10.3. The van der Waals surface area contributed by atoms with Crippen LogP contribution in [0.2, 0.25) is 0 Å². The maximum absolute atomic E-state index is 11.6. The standard InChI is InChI=1S/C11H18N2O5/c1-8(14)12-9-2-4-13(5-3-9)10(15)6-18-7-11(16)17/h9H,2-7H2,1H3,(H,12,14)(H,16,17). The summed E-state index contributed by atoms with van der Waals surface area (Å²) in [5.74, 6) is -1.37. The number of hydrogen-bond acceptors (Lipinski definition) is 4. The molecule has 0 aromatic carbocycles. The van der Waals surface area contributed by atoms with Crippen molar-refractivity contribution in [2.45, 2.75) is 25.8 Å². The number of likely N-dealkylation sites (tertiary alicyclic amines) is 1. The minimum atomic E-state index is -1.09. The van der Waals surface area contributed by atoms with Crippen LogP contribution >= 0.6 is 0 Å². The molecule has 0 aliphatic carbocycles. The summed E-state index contributed by atoms with van der Waals surface area (Å²) in [6, 6.07) is 0.117. The third-order valence-corrected chi connectivity index (χ3v) is 2.71. The van der Waals surface area contributed by atoms with Crippen LogP contribution in [0.15, 0.2) is 0 Å². The molecule has 7 heteroatoms. The number of carbonyl (C=O) groups excluding carboxylic acids is 2. The van der Waals surface area contributed by atoms with Gasteiger partial charge in [-0.2, -0.15) is 0 Å². The largest absolute Gasteiger partial charge is 0.480 e. The smallest absolute Gasteiger partial charge is 0.329 e. The van der Waals surface area contributed by atoms with Crippen molar-refractivity contribution in [2.24, 2.45) is 0 Å². The van der Waals surface area contributed by atoms with Crippen LogP contribution in [0, 0.1) is 0 Å². The molecule has 0 atom stereocenters. The molecule has 1 aliphatic rings. The van der Waals surface area contributed by atoms with Gasteiger partial charge in [0.2, 0.25) is 11.8 Å². The first-order valence-corrected chi connectivity index (χ1v) is 5.83. The highest BCUT2D eigenvalue weighted by Crippen LogP contribution is 2.10. The Morgan fingerprint density at radius 2 is 1.89 bits per heavy atom. The lowest BCUT2D eigenvalue weighted by Crippen LogP contribution is -2.47. The maximum atomic E-state index is 11.6. The molecule has 0 unspecified atom stereocenters. The van der Waals surface area contributed by atoms with E-state index in [0.29, 0.717) is 25.9 Å². The first kappa shape index (κ1) is 14.4. The van der Waals surface area contributed by atoms with Crippen molar-refractivity contribution in [1.82, 2.24) is 10.2 Å². The predicted octanol–water partition coefficient (Wildman–Crippen LogP) is -0.785. The van der Waals surface area contributed by atoms with Crippen LogP contribution in [0.3, 0.4) is 0 Å². The van der Waals surface area contributed by atoms with Crippen molar-refractivity contribution in [3.05, 3.63) is 0 Å². The fourth-order valence-electron chi connectivity index (χ4n) is 1.88. The number of rotatable bonds is 5. The van der Waals surface area contributed by atoms with Crippen molar-refractivity contribution in [2.75, 3.05) is 26.3 Å². The fourth-order valence-corrected chi connectivity index (χ4v) is 1.88. The molecular weight excluding hydrogens is 240 g/mol. The van der Waals surface area contributed by atoms with Crippen molar-refractivity contribution in [3.63, 3.8) is 0 Å². The van der Waals surface area contributed by atoms with E-state index in [4.69, 9.17) is 9.84 Å². The Kier molecular flexibility index (Phi) is 5.57. The van der Waals surface area contributed by atoms with Crippen LogP contribution in [-0.4, -0.2) is 60.1 Å². The molecular formula is C11H18N2O5. The van der Waals surface area contributed by atoms with Gasteiger partial charge in [0.1, 0.15) is 13.2 Å². The lowest BCUT2D eigenvalue weighted by atomic mass is 10.1. The number of ether oxygens (including phenoxy) is 1. The van der Waals surface area contributed by atoms with E-state index in [1.807, 2.05) is 0 Å². The predicted molar refractivity (Wildman–Crippen MR) is 61.9 cm³/mol. The summed E-state index contributed by atoms with van der Waals surface area (Å²) < 4.78 is 4.74. The minimum Gasteiger partial charge on any atom is -0.480 e. The number of hydrogen-bond donors (Lipinski definition) is 2. The van der Waals surface area contributed by atoms with Gasteiger partial charge >= 0.3 is 5.97 Å². The molecule has 1 aliphatic heterocycles. The van der Waals surface area contributed by atoms with Crippen molar-refractivity contribution in [1.29, 1.82) is 0 Å². The van der Waals surface area contributed by atoms with E-state index in [2.05, 4.69) is 5.32 Å². The van der Waals surface area contributed by atoms with Crippen LogP contribution in [0.5, 0.6) is 0 Å². The lowest BCUT2D eigenvalue weighted by molar-refractivity contribution is -0.146. The molecule has 0 bridgehead atoms. The van der Waals surface area contributed by atoms with Crippen molar-refractivity contribution >= 4 is 17.8 Å². The Balaban J connectivity index is 2.23. The highest BCUT2D eigenvalue weighted by atomic mass is 16.5. The normalized spacial score (nSPS) is 16.4. The third-order valence-electron chi connectivity index (χ3n) is 2.71. The van der Waals surface area contributed by atoms with Crippen LogP contribution in [0.4, 0.5) is 0 Å². The molecule has 0 aromatic heterocycles. The summed E-state index contributed by atoms with van der Waals surface area (Å²) in [6.45, 7) is 1.91. The van der Waals surface area contributed by atoms with Crippen LogP contribution < -0.4 is 5.32 Å². The van der Waals surface area contributed by atoms with Crippen molar-refractivity contribution in [3.8, 4) is 0 Å². The average molecular weight is 258 g/mol. The van der Waals surface area contributed by atoms with Crippen LogP contribution in [-0.2, 0) is 19.1 Å². The monoisotopic (exact) mass is 258 g/mol. The van der Waals surface area contributed by atoms with Gasteiger partial charge in [-0.15, -0.1) is 0 Å². The van der Waals surface area contributed by atoms with Crippen molar-refractivity contribution < 1.29 is 24.2 Å². The maximum Gasteiger partial charge on any atom is 0.329 e. The van der Waals surface area contributed by atoms with Gasteiger partial charge in [-0.1, -0.05) is 0 Å². The number of piperidine rings is 1. The number of carboxylic acids is 1. The molecule has 0 radical (unpaired) electrons. The molecule has 1 heterocycles. The van der Waals surface area contributed by atoms with E-state index in [0.717, 1.165) is 0 Å². The SMILES string of the molecule is CC(=O)NC1CCN(C(=O)COCC(=O)O)CC1. The summed E-state index contributed by atoms with van der Waals surface area (Å²) in [4.78, 5) is 34.3. The van der Waals surface area contributed by atoms with Crippen LogP contribution in [0.1, 0.15) is 19.8 Å². The zero-order valence-corrected chi connectivity index (χ0v) is 10.3. The molecule has 0 spiro atoms. The van der Waals surface area contributed by atoms with E-state index in [9.17, 15) is 14.4 Å². The Morgan fingerprint density at radius 3 is 2.39 bits per heavy atom. The van der Waals surface area contributed by atoms with Crippen LogP contribution in [0.25, 0.3) is 0 Å². The number of carbonyl (C=O) groups is 3. The van der Waals surface area contributed by atoms with E-state index >= 15 is 0 Å². The van der Waals surface area contributed by atoms with Gasteiger partial charge in [0.15, 0.2) is 0 Å². The summed E-state index contributed by atoms with van der Waals surface area (Å²) >= 11 is 0. The Bertz CT molecular complexity index is 323. The second-order valence-corrected chi connectivity index (χ2v) is 4.24. The highest BCUT2D eigenvalue weighted by molar-refractivity contribution is 5.78. The Labute approximate surface area is 105 Å². The summed E-state index contributed by atoms with van der Waals surface area (Å²) in [5, 5.41) is 11.2. The van der Waals surface area contributed by atoms with Gasteiger partial charge in [-0.25, -0.2) is 4.79 Å². The quantitative estimate of drug-likeness (QED) is 0.674. The Morgan fingerprint density at radius 1 is 1.28 bits per heavy atom. The van der Waals surface area contributed by atoms with Gasteiger partial charge < -0.3 is 20.1 Å². The fraction of sp³-hybridized carbons (Fsp3) is 0.727. The van der Waals surface area contributed by atoms with E-state index in [1.165, 1.54) is 6.92 Å². The molecule has 7 nitrogen and oxygen atoms in total. The van der Waals surface area contributed by atoms with Gasteiger partial charge in [-0.3, -0.25) is 9.59 Å². The van der Waals surface area contributed by atoms with Gasteiger partial charge in [-0.05, 0) is 12.8 Å². The number of nitrogens with zero attached hydrogens (tertiary/aromatic N) is 1. The van der Waals surface area contributed by atoms with Gasteiger partial charge in [0.25, 0.3) is 0 Å². The summed E-state index contributed by atoms with van der Waals surface area (Å²) in [5.41, 5.74) is 0. The lowest BCUT2D eigenvalue weighted by Gasteiger charge is -2.32. The first-order chi connectivity index (χ1) is 8.49. The average Bonchev–Trinajstić information content (AvgIpc) is 2.28. The molecule has 1 saturated heterocycles. The number of nitrogens with one attached hydrogen (secondary N) is 1. The molecule has 2 amide bonds. The zero-order chi connectivity index (χ0) is 13.5. The molecule has 0 saturated carbocycles. The Hall–Kier alpha value is -1.63. The first-order valence-electron chi connectivity index (χ1n) is 5.83. The molecule has 2 N–H and O–H groups in total. The molecule has 0 aromatic rings. The highest BCUT2D eigenvalue weighted by Gasteiger charge is 2.23. The topological polar surface area (TPSA) is 95.9 Å². The summed E-state index contributed by atoms with van der Waals surface area (Å²) in [7, 11) is 0. The van der Waals surface area contributed by atoms with E-state index in [-0.39, 0.29) is 24.5 Å². The van der Waals surface area contributed by atoms with Gasteiger partial charge in [0.05, 0.1) is 0 Å². The second-order valence-electron chi connectivity index (χ2n) is 4.24. The second kappa shape index (κ2) is 6.95. The molecule has 1 rings (SSSR count). The molecule has 102 valence electrons. The number of carboxylic acid groups (broad SMARTS) is 1.